The van der Waals surface area contributed by atoms with E-state index in [2.05, 4.69) is 10.2 Å². The van der Waals surface area contributed by atoms with Crippen LogP contribution in [-0.4, -0.2) is 67.8 Å². The van der Waals surface area contributed by atoms with Crippen molar-refractivity contribution >= 4 is 12.0 Å². The van der Waals surface area contributed by atoms with Gasteiger partial charge in [-0.2, -0.15) is 0 Å². The molecule has 2 aliphatic heterocycles. The van der Waals surface area contributed by atoms with E-state index in [9.17, 15) is 9.59 Å². The van der Waals surface area contributed by atoms with Crippen molar-refractivity contribution in [2.24, 2.45) is 0 Å². The lowest BCUT2D eigenvalue weighted by Crippen LogP contribution is -2.51. The molecular weight excluding hydrogens is 358 g/mol. The summed E-state index contributed by atoms with van der Waals surface area (Å²) in [5.74, 6) is -0.377. The van der Waals surface area contributed by atoms with Crippen molar-refractivity contribution in [1.82, 2.24) is 15.1 Å². The average Bonchev–Trinajstić information content (AvgIpc) is 2.69. The van der Waals surface area contributed by atoms with Crippen molar-refractivity contribution in [3.05, 3.63) is 46.7 Å². The number of nitrogens with one attached hydrogen (secondary N) is 1. The van der Waals surface area contributed by atoms with Crippen LogP contribution in [0.4, 0.5) is 4.79 Å². The number of benzene rings is 1. The lowest BCUT2D eigenvalue weighted by atomic mass is 9.91. The van der Waals surface area contributed by atoms with Gasteiger partial charge in [0.1, 0.15) is 0 Å². The van der Waals surface area contributed by atoms with Gasteiger partial charge in [0.25, 0.3) is 0 Å². The Kier molecular flexibility index (Phi) is 6.70. The van der Waals surface area contributed by atoms with Gasteiger partial charge in [-0.15, -0.1) is 0 Å². The number of carbonyl (C=O) groups is 2. The summed E-state index contributed by atoms with van der Waals surface area (Å²) in [6.07, 6.45) is 0. The zero-order chi connectivity index (χ0) is 20.1. The van der Waals surface area contributed by atoms with Crippen LogP contribution in [0.2, 0.25) is 0 Å². The highest BCUT2D eigenvalue weighted by molar-refractivity contribution is 5.95. The fraction of sp³-hybridized carbons (Fsp3) is 0.524. The number of carbonyl (C=O) groups excluding carboxylic acids is 2. The minimum Gasteiger partial charge on any atom is -0.463 e. The molecule has 0 radical (unpaired) electrons. The van der Waals surface area contributed by atoms with Gasteiger partial charge in [0.05, 0.1) is 31.4 Å². The monoisotopic (exact) mass is 387 g/mol. The molecule has 2 amide bonds. The van der Waals surface area contributed by atoms with Gasteiger partial charge in [-0.3, -0.25) is 9.80 Å². The molecule has 28 heavy (non-hydrogen) atoms. The lowest BCUT2D eigenvalue weighted by molar-refractivity contribution is -0.139. The molecule has 3 rings (SSSR count). The minimum absolute atomic E-state index is 0.188. The minimum atomic E-state index is -0.522. The molecule has 0 saturated carbocycles. The molecule has 0 spiro atoms. The zero-order valence-electron chi connectivity index (χ0n) is 16.9. The first-order chi connectivity index (χ1) is 13.6. The number of nitrogens with zero attached hydrogens (tertiary/aromatic N) is 2. The van der Waals surface area contributed by atoms with Crippen molar-refractivity contribution < 1.29 is 19.1 Å². The number of esters is 1. The predicted molar refractivity (Wildman–Crippen MR) is 106 cm³/mol. The Hall–Kier alpha value is -2.38. The highest BCUT2D eigenvalue weighted by atomic mass is 16.5. The number of ether oxygens (including phenoxy) is 2. The van der Waals surface area contributed by atoms with Crippen molar-refractivity contribution in [3.63, 3.8) is 0 Å². The Bertz CT molecular complexity index is 756. The van der Waals surface area contributed by atoms with Crippen molar-refractivity contribution in [2.75, 3.05) is 46.0 Å². The summed E-state index contributed by atoms with van der Waals surface area (Å²) in [5, 5.41) is 3.02. The van der Waals surface area contributed by atoms with Gasteiger partial charge in [-0.25, -0.2) is 9.59 Å². The number of aryl methyl sites for hydroxylation is 1. The van der Waals surface area contributed by atoms with Crippen LogP contribution in [0, 0.1) is 6.92 Å². The van der Waals surface area contributed by atoms with E-state index in [0.29, 0.717) is 31.9 Å². The fourth-order valence-corrected chi connectivity index (χ4v) is 3.77. The smallest absolute Gasteiger partial charge is 0.338 e. The summed E-state index contributed by atoms with van der Waals surface area (Å²) >= 11 is 0. The fourth-order valence-electron chi connectivity index (χ4n) is 3.77. The Labute approximate surface area is 166 Å². The molecule has 1 N–H and O–H groups in total. The number of morpholine rings is 1. The molecule has 0 aliphatic carbocycles. The van der Waals surface area contributed by atoms with Crippen LogP contribution in [0.15, 0.2) is 35.5 Å². The summed E-state index contributed by atoms with van der Waals surface area (Å²) in [5.41, 5.74) is 3.17. The Morgan fingerprint density at radius 3 is 2.61 bits per heavy atom. The van der Waals surface area contributed by atoms with Gasteiger partial charge < -0.3 is 14.8 Å². The molecule has 152 valence electrons. The highest BCUT2D eigenvalue weighted by Gasteiger charge is 2.38. The van der Waals surface area contributed by atoms with Crippen LogP contribution < -0.4 is 5.32 Å². The summed E-state index contributed by atoms with van der Waals surface area (Å²) in [6, 6.07) is 7.10. The van der Waals surface area contributed by atoms with Crippen molar-refractivity contribution in [2.45, 2.75) is 26.8 Å². The Morgan fingerprint density at radius 1 is 1.25 bits per heavy atom. The van der Waals surface area contributed by atoms with E-state index in [0.717, 1.165) is 29.9 Å². The molecule has 1 fully saturated rings. The first kappa shape index (κ1) is 20.4. The molecule has 7 nitrogen and oxygen atoms in total. The van der Waals surface area contributed by atoms with E-state index < -0.39 is 6.04 Å². The molecule has 7 heteroatoms. The standard InChI is InChI=1S/C21H29N3O4/c1-4-24-17(14-23-10-12-27-13-11-23)18(20(25)28-5-2)19(22-21(24)26)16-9-7-6-8-15(16)3/h6-9,19H,4-5,10-14H2,1-3H3,(H,22,26). The number of amides is 2. The van der Waals surface area contributed by atoms with Crippen LogP contribution >= 0.6 is 0 Å². The molecule has 1 unspecified atom stereocenters. The van der Waals surface area contributed by atoms with Gasteiger partial charge in [0.2, 0.25) is 0 Å². The number of hydrogen-bond acceptors (Lipinski definition) is 5. The third-order valence-electron chi connectivity index (χ3n) is 5.23. The maximum atomic E-state index is 13.0. The summed E-state index contributed by atoms with van der Waals surface area (Å²) in [7, 11) is 0. The summed E-state index contributed by atoms with van der Waals surface area (Å²) in [6.45, 7) is 9.82. The molecule has 1 aromatic carbocycles. The van der Waals surface area contributed by atoms with Gasteiger partial charge in [0, 0.05) is 31.9 Å². The summed E-state index contributed by atoms with van der Waals surface area (Å²) < 4.78 is 10.8. The molecular formula is C21H29N3O4. The summed E-state index contributed by atoms with van der Waals surface area (Å²) in [4.78, 5) is 29.8. The van der Waals surface area contributed by atoms with Gasteiger partial charge in [0.15, 0.2) is 0 Å². The Morgan fingerprint density at radius 2 is 1.96 bits per heavy atom. The van der Waals surface area contributed by atoms with E-state index in [-0.39, 0.29) is 18.6 Å². The first-order valence-electron chi connectivity index (χ1n) is 9.90. The maximum Gasteiger partial charge on any atom is 0.338 e. The molecule has 1 aromatic rings. The second-order valence-corrected chi connectivity index (χ2v) is 6.95. The molecule has 1 atom stereocenters. The van der Waals surface area contributed by atoms with Crippen molar-refractivity contribution in [3.8, 4) is 0 Å². The van der Waals surface area contributed by atoms with Crippen LogP contribution in [0.3, 0.4) is 0 Å². The number of likely N-dealkylation sites (N-methyl/N-ethyl adjacent to an activating group) is 1. The van der Waals surface area contributed by atoms with E-state index in [1.807, 2.05) is 38.1 Å². The third kappa shape index (κ3) is 4.20. The third-order valence-corrected chi connectivity index (χ3v) is 5.23. The van der Waals surface area contributed by atoms with E-state index >= 15 is 0 Å². The number of urea groups is 1. The molecule has 1 saturated heterocycles. The predicted octanol–water partition coefficient (Wildman–Crippen LogP) is 2.23. The van der Waals surface area contributed by atoms with Gasteiger partial charge in [-0.1, -0.05) is 24.3 Å². The van der Waals surface area contributed by atoms with Crippen LogP contribution in [0.1, 0.15) is 31.0 Å². The maximum absolute atomic E-state index is 13.0. The van der Waals surface area contributed by atoms with Gasteiger partial charge >= 0.3 is 12.0 Å². The van der Waals surface area contributed by atoms with Gasteiger partial charge in [-0.05, 0) is 31.9 Å². The van der Waals surface area contributed by atoms with Crippen molar-refractivity contribution in [1.29, 1.82) is 0 Å². The quantitative estimate of drug-likeness (QED) is 0.758. The molecule has 2 heterocycles. The van der Waals surface area contributed by atoms with E-state index in [1.54, 1.807) is 11.8 Å². The normalized spacial score (nSPS) is 20.9. The van der Waals surface area contributed by atoms with Crippen LogP contribution in [0.5, 0.6) is 0 Å². The largest absolute Gasteiger partial charge is 0.463 e. The van der Waals surface area contributed by atoms with Crippen LogP contribution in [-0.2, 0) is 14.3 Å². The topological polar surface area (TPSA) is 71.1 Å². The number of hydrogen-bond donors (Lipinski definition) is 1. The van der Waals surface area contributed by atoms with Crippen LogP contribution in [0.25, 0.3) is 0 Å². The second kappa shape index (κ2) is 9.21. The molecule has 0 bridgehead atoms. The second-order valence-electron chi connectivity index (χ2n) is 6.95. The zero-order valence-corrected chi connectivity index (χ0v) is 16.9. The van der Waals surface area contributed by atoms with E-state index in [1.165, 1.54) is 0 Å². The SMILES string of the molecule is CCOC(=O)C1=C(CN2CCOCC2)N(CC)C(=O)NC1c1ccccc1C. The molecule has 0 aromatic heterocycles. The first-order valence-corrected chi connectivity index (χ1v) is 9.90. The highest BCUT2D eigenvalue weighted by Crippen LogP contribution is 2.33. The van der Waals surface area contributed by atoms with E-state index in [4.69, 9.17) is 9.47 Å². The molecule has 2 aliphatic rings. The average molecular weight is 387 g/mol. The number of rotatable bonds is 6. The Balaban J connectivity index is 2.09. The lowest BCUT2D eigenvalue weighted by Gasteiger charge is -2.39.